The van der Waals surface area contributed by atoms with E-state index >= 15 is 0 Å². The van der Waals surface area contributed by atoms with Gasteiger partial charge in [-0.1, -0.05) is 27.1 Å². The molecular weight excluding hydrogens is 200 g/mol. The van der Waals surface area contributed by atoms with Crippen LogP contribution in [0.25, 0.3) is 0 Å². The molecule has 0 amide bonds. The van der Waals surface area contributed by atoms with Gasteiger partial charge in [0, 0.05) is 4.83 Å². The average molecular weight is 213 g/mol. The maximum Gasteiger partial charge on any atom is 0.0395 e. The molecule has 11 heavy (non-hydrogen) atoms. The Balaban J connectivity index is 1.87. The molecule has 1 heteroatoms. The molecule has 3 saturated carbocycles. The molecule has 0 aromatic rings. The molecule has 0 bridgehead atoms. The van der Waals surface area contributed by atoms with Gasteiger partial charge in [0.25, 0.3) is 0 Å². The normalized spacial score (nSPS) is 35.7. The summed E-state index contributed by atoms with van der Waals surface area (Å²) in [4.78, 5) is 0.790. The van der Waals surface area contributed by atoms with Gasteiger partial charge in [-0.15, -0.1) is 0 Å². The molecule has 0 aromatic carbocycles. The third-order valence-electron chi connectivity index (χ3n) is 3.02. The molecule has 0 radical (unpaired) electrons. The summed E-state index contributed by atoms with van der Waals surface area (Å²) in [5.74, 6) is 2.08. The van der Waals surface area contributed by atoms with E-state index in [-0.39, 0.29) is 0 Å². The van der Waals surface area contributed by atoms with Gasteiger partial charge >= 0.3 is 0 Å². The van der Waals surface area contributed by atoms with Crippen molar-refractivity contribution in [3.63, 3.8) is 0 Å². The number of halogens is 1. The van der Waals surface area contributed by atoms with E-state index in [1.54, 1.807) is 5.57 Å². The van der Waals surface area contributed by atoms with Crippen molar-refractivity contribution in [3.8, 4) is 0 Å². The lowest BCUT2D eigenvalue weighted by molar-refractivity contribution is 0.849. The van der Waals surface area contributed by atoms with Gasteiger partial charge in [-0.3, -0.25) is 0 Å². The molecule has 3 aliphatic rings. The summed E-state index contributed by atoms with van der Waals surface area (Å²) in [5, 5.41) is 0. The predicted octanol–water partition coefficient (Wildman–Crippen LogP) is 3.27. The van der Waals surface area contributed by atoms with Crippen molar-refractivity contribution in [2.75, 3.05) is 0 Å². The lowest BCUT2D eigenvalue weighted by Crippen LogP contribution is -1.88. The van der Waals surface area contributed by atoms with Gasteiger partial charge in [0.2, 0.25) is 0 Å². The monoisotopic (exact) mass is 212 g/mol. The minimum atomic E-state index is 0.790. The molecule has 0 N–H and O–H groups in total. The number of hydrogen-bond donors (Lipinski definition) is 0. The summed E-state index contributed by atoms with van der Waals surface area (Å²) < 4.78 is 0. The number of hydrogen-bond acceptors (Lipinski definition) is 0. The smallest absolute Gasteiger partial charge is 0.0395 e. The topological polar surface area (TPSA) is 0 Å². The van der Waals surface area contributed by atoms with Crippen molar-refractivity contribution in [3.05, 3.63) is 11.1 Å². The van der Waals surface area contributed by atoms with Crippen LogP contribution in [0, 0.1) is 11.8 Å². The molecule has 3 aliphatic carbocycles. The van der Waals surface area contributed by atoms with E-state index < -0.39 is 0 Å². The molecule has 3 fully saturated rings. The Morgan fingerprint density at radius 2 is 1.55 bits per heavy atom. The van der Waals surface area contributed by atoms with E-state index in [9.17, 15) is 0 Å². The van der Waals surface area contributed by atoms with Crippen LogP contribution in [0.15, 0.2) is 11.1 Å². The second-order valence-electron chi connectivity index (χ2n) is 4.20. The lowest BCUT2D eigenvalue weighted by atomic mass is 10.1. The van der Waals surface area contributed by atoms with Crippen molar-refractivity contribution in [1.29, 1.82) is 0 Å². The molecular formula is C10H13Br. The third kappa shape index (κ3) is 1.18. The van der Waals surface area contributed by atoms with Crippen LogP contribution in [0.1, 0.15) is 32.1 Å². The van der Waals surface area contributed by atoms with E-state index in [1.165, 1.54) is 32.1 Å². The minimum Gasteiger partial charge on any atom is -0.0839 e. The maximum absolute atomic E-state index is 3.68. The zero-order valence-electron chi connectivity index (χ0n) is 6.65. The molecule has 0 aliphatic heterocycles. The summed E-state index contributed by atoms with van der Waals surface area (Å²) in [7, 11) is 0. The molecule has 0 spiro atoms. The van der Waals surface area contributed by atoms with Gasteiger partial charge in [-0.2, -0.15) is 0 Å². The standard InChI is InChI=1S/C10H13Br/c11-9-5-8(9)10(6-1-2-6)7-3-4-7/h6-7,9H,1-5H2. The molecule has 1 atom stereocenters. The highest BCUT2D eigenvalue weighted by atomic mass is 79.9. The molecule has 0 heterocycles. The van der Waals surface area contributed by atoms with E-state index in [0.29, 0.717) is 0 Å². The van der Waals surface area contributed by atoms with Crippen molar-refractivity contribution in [1.82, 2.24) is 0 Å². The Morgan fingerprint density at radius 3 is 1.82 bits per heavy atom. The fourth-order valence-electron chi connectivity index (χ4n) is 2.08. The highest BCUT2D eigenvalue weighted by molar-refractivity contribution is 9.09. The first kappa shape index (κ1) is 6.71. The Kier molecular flexibility index (Phi) is 1.30. The van der Waals surface area contributed by atoms with Crippen LogP contribution >= 0.6 is 15.9 Å². The van der Waals surface area contributed by atoms with Gasteiger partial charge < -0.3 is 0 Å². The quantitative estimate of drug-likeness (QED) is 0.487. The Bertz CT molecular complexity index is 207. The summed E-state index contributed by atoms with van der Waals surface area (Å²) in [6, 6.07) is 0. The number of allylic oxidation sites excluding steroid dienone is 2. The molecule has 0 nitrogen and oxygen atoms in total. The van der Waals surface area contributed by atoms with Gasteiger partial charge in [-0.25, -0.2) is 0 Å². The van der Waals surface area contributed by atoms with E-state index in [1.807, 2.05) is 5.57 Å². The fraction of sp³-hybridized carbons (Fsp3) is 0.800. The first-order chi connectivity index (χ1) is 5.36. The second kappa shape index (κ2) is 2.12. The van der Waals surface area contributed by atoms with Crippen LogP contribution < -0.4 is 0 Å². The van der Waals surface area contributed by atoms with Crippen LogP contribution in [-0.2, 0) is 0 Å². The SMILES string of the molecule is BrC1CC1=C(C1CC1)C1CC1. The van der Waals surface area contributed by atoms with Crippen LogP contribution in [0.3, 0.4) is 0 Å². The predicted molar refractivity (Wildman–Crippen MR) is 49.8 cm³/mol. The van der Waals surface area contributed by atoms with E-state index in [4.69, 9.17) is 0 Å². The van der Waals surface area contributed by atoms with E-state index in [0.717, 1.165) is 16.7 Å². The van der Waals surface area contributed by atoms with Crippen molar-refractivity contribution in [2.24, 2.45) is 11.8 Å². The van der Waals surface area contributed by atoms with Crippen molar-refractivity contribution >= 4 is 15.9 Å². The van der Waals surface area contributed by atoms with Crippen LogP contribution in [0.4, 0.5) is 0 Å². The van der Waals surface area contributed by atoms with Gasteiger partial charge in [0.15, 0.2) is 0 Å². The highest BCUT2D eigenvalue weighted by Crippen LogP contribution is 2.55. The van der Waals surface area contributed by atoms with Gasteiger partial charge in [-0.05, 0) is 43.9 Å². The number of alkyl halides is 1. The maximum atomic E-state index is 3.68. The summed E-state index contributed by atoms with van der Waals surface area (Å²) in [6.45, 7) is 0. The summed E-state index contributed by atoms with van der Waals surface area (Å²) >= 11 is 3.68. The first-order valence-electron chi connectivity index (χ1n) is 4.73. The molecule has 0 saturated heterocycles. The molecule has 60 valence electrons. The highest BCUT2D eigenvalue weighted by Gasteiger charge is 2.43. The largest absolute Gasteiger partial charge is 0.0839 e. The average Bonchev–Trinajstić information content (AvgIpc) is 2.72. The Hall–Kier alpha value is 0.220. The molecule has 0 aromatic heterocycles. The third-order valence-corrected chi connectivity index (χ3v) is 3.90. The Labute approximate surface area is 76.2 Å². The van der Waals surface area contributed by atoms with Gasteiger partial charge in [0.05, 0.1) is 0 Å². The van der Waals surface area contributed by atoms with Crippen molar-refractivity contribution in [2.45, 2.75) is 36.9 Å². The van der Waals surface area contributed by atoms with Crippen LogP contribution in [-0.4, -0.2) is 4.83 Å². The first-order valence-corrected chi connectivity index (χ1v) is 5.64. The van der Waals surface area contributed by atoms with Crippen LogP contribution in [0.5, 0.6) is 0 Å². The number of rotatable bonds is 2. The zero-order valence-corrected chi connectivity index (χ0v) is 8.23. The Morgan fingerprint density at radius 1 is 1.09 bits per heavy atom. The fourth-order valence-corrected chi connectivity index (χ4v) is 2.69. The van der Waals surface area contributed by atoms with Crippen molar-refractivity contribution < 1.29 is 0 Å². The lowest BCUT2D eigenvalue weighted by Gasteiger charge is -2.00. The van der Waals surface area contributed by atoms with Gasteiger partial charge in [0.1, 0.15) is 0 Å². The minimum absolute atomic E-state index is 0.790. The zero-order chi connectivity index (χ0) is 7.42. The molecule has 1 unspecified atom stereocenters. The van der Waals surface area contributed by atoms with E-state index in [2.05, 4.69) is 15.9 Å². The summed E-state index contributed by atoms with van der Waals surface area (Å²) in [6.07, 6.45) is 7.34. The summed E-state index contributed by atoms with van der Waals surface area (Å²) in [5.41, 5.74) is 3.68. The second-order valence-corrected chi connectivity index (χ2v) is 5.31. The molecule has 3 rings (SSSR count). The van der Waals surface area contributed by atoms with Crippen LogP contribution in [0.2, 0.25) is 0 Å².